The van der Waals surface area contributed by atoms with Crippen LogP contribution in [-0.4, -0.2) is 69.2 Å². The Kier molecular flexibility index (Phi) is 7.50. The van der Waals surface area contributed by atoms with Crippen LogP contribution in [0.4, 0.5) is 14.7 Å². The summed E-state index contributed by atoms with van der Waals surface area (Å²) < 4.78 is 36.3. The zero-order valence-corrected chi connectivity index (χ0v) is 21.2. The van der Waals surface area contributed by atoms with Crippen molar-refractivity contribution >= 4 is 16.9 Å². The molecule has 0 unspecified atom stereocenters. The van der Waals surface area contributed by atoms with E-state index in [-0.39, 0.29) is 35.8 Å². The van der Waals surface area contributed by atoms with Crippen LogP contribution >= 0.6 is 0 Å². The Labute approximate surface area is 214 Å². The third-order valence-electron chi connectivity index (χ3n) is 7.14. The van der Waals surface area contributed by atoms with Crippen LogP contribution in [-0.2, 0) is 11.3 Å². The van der Waals surface area contributed by atoms with Crippen molar-refractivity contribution < 1.29 is 18.6 Å². The molecular weight excluding hydrogens is 480 g/mol. The van der Waals surface area contributed by atoms with Gasteiger partial charge in [0.2, 0.25) is 5.95 Å². The number of pyridine rings is 1. The Morgan fingerprint density at radius 3 is 2.86 bits per heavy atom. The molecule has 1 aromatic carbocycles. The van der Waals surface area contributed by atoms with Crippen LogP contribution in [0.3, 0.4) is 0 Å². The standard InChI is InChI=1S/C27H33F2N5O3/c1-16(2)34-19(14-33-8-3-4-18(28)13-33)11-24(35)20-6-5-17(10-23(20)34)26-21(29)12-30-27(32-26)31-22-7-9-37-15-25(22)36/h5-6,10-12,16,18,22,25,36H,3-4,7-9,13-15H2,1-2H3,(H,30,31,32)/t18-,22-,25-/m1/s1. The minimum Gasteiger partial charge on any atom is -0.389 e. The highest BCUT2D eigenvalue weighted by Gasteiger charge is 2.25. The van der Waals surface area contributed by atoms with Crippen LogP contribution in [0.15, 0.2) is 35.3 Å². The monoisotopic (exact) mass is 513 g/mol. The number of aliphatic hydroxyl groups excluding tert-OH is 1. The summed E-state index contributed by atoms with van der Waals surface area (Å²) in [4.78, 5) is 23.6. The summed E-state index contributed by atoms with van der Waals surface area (Å²) in [6.45, 7) is 6.39. The minimum atomic E-state index is -0.856. The number of nitrogens with one attached hydrogen (secondary N) is 1. The van der Waals surface area contributed by atoms with Gasteiger partial charge in [-0.15, -0.1) is 0 Å². The van der Waals surface area contributed by atoms with Gasteiger partial charge in [0.15, 0.2) is 11.2 Å². The molecule has 2 aliphatic rings. The second-order valence-corrected chi connectivity index (χ2v) is 10.2. The molecule has 3 aromatic rings. The SMILES string of the molecule is CC(C)n1c(CN2CCC[C@@H](F)C2)cc(=O)c2ccc(-c3nc(N[C@@H]4CCOC[C@H]4O)ncc3F)cc21. The second kappa shape index (κ2) is 10.8. The molecule has 8 nitrogen and oxygen atoms in total. The van der Waals surface area contributed by atoms with Gasteiger partial charge in [-0.05, 0) is 51.8 Å². The van der Waals surface area contributed by atoms with Crippen molar-refractivity contribution in [1.82, 2.24) is 19.4 Å². The lowest BCUT2D eigenvalue weighted by Gasteiger charge is -2.31. The largest absolute Gasteiger partial charge is 0.389 e. The molecule has 4 heterocycles. The number of alkyl halides is 1. The third-order valence-corrected chi connectivity index (χ3v) is 7.14. The molecule has 2 saturated heterocycles. The van der Waals surface area contributed by atoms with Gasteiger partial charge in [0.1, 0.15) is 11.9 Å². The van der Waals surface area contributed by atoms with Crippen LogP contribution < -0.4 is 10.7 Å². The highest BCUT2D eigenvalue weighted by atomic mass is 19.1. The molecule has 2 fully saturated rings. The predicted octanol–water partition coefficient (Wildman–Crippen LogP) is 3.67. The fourth-order valence-corrected chi connectivity index (χ4v) is 5.34. The lowest BCUT2D eigenvalue weighted by atomic mass is 10.0. The maximum atomic E-state index is 14.9. The Hall–Kier alpha value is -2.95. The second-order valence-electron chi connectivity index (χ2n) is 10.2. The Morgan fingerprint density at radius 1 is 1.27 bits per heavy atom. The first-order valence-corrected chi connectivity index (χ1v) is 12.9. The van der Waals surface area contributed by atoms with E-state index in [1.54, 1.807) is 24.3 Å². The Bertz CT molecular complexity index is 1330. The third kappa shape index (κ3) is 5.51. The molecule has 0 aliphatic carbocycles. The van der Waals surface area contributed by atoms with Crippen molar-refractivity contribution in [2.75, 3.05) is 31.6 Å². The van der Waals surface area contributed by atoms with E-state index in [0.29, 0.717) is 49.0 Å². The van der Waals surface area contributed by atoms with Gasteiger partial charge in [-0.2, -0.15) is 0 Å². The molecule has 198 valence electrons. The van der Waals surface area contributed by atoms with Gasteiger partial charge in [-0.25, -0.2) is 18.7 Å². The summed E-state index contributed by atoms with van der Waals surface area (Å²) in [7, 11) is 0. The van der Waals surface area contributed by atoms with Gasteiger partial charge >= 0.3 is 0 Å². The normalized spacial score (nSPS) is 23.0. The van der Waals surface area contributed by atoms with Gasteiger partial charge in [-0.3, -0.25) is 9.69 Å². The summed E-state index contributed by atoms with van der Waals surface area (Å²) in [5.41, 5.74) is 1.97. The molecule has 2 N–H and O–H groups in total. The zero-order valence-electron chi connectivity index (χ0n) is 21.2. The molecule has 0 spiro atoms. The maximum absolute atomic E-state index is 14.9. The molecule has 0 radical (unpaired) electrons. The molecule has 0 amide bonds. The van der Waals surface area contributed by atoms with E-state index in [9.17, 15) is 18.7 Å². The number of aromatic nitrogens is 3. The topological polar surface area (TPSA) is 92.5 Å². The number of ether oxygens (including phenoxy) is 1. The van der Waals surface area contributed by atoms with E-state index in [1.807, 2.05) is 18.7 Å². The maximum Gasteiger partial charge on any atom is 0.223 e. The number of piperidine rings is 1. The van der Waals surface area contributed by atoms with Crippen LogP contribution in [0.1, 0.15) is 44.8 Å². The lowest BCUT2D eigenvalue weighted by molar-refractivity contribution is -0.0136. The number of nitrogens with zero attached hydrogens (tertiary/aromatic N) is 4. The number of rotatable bonds is 6. The number of halogens is 2. The Balaban J connectivity index is 1.53. The molecule has 0 bridgehead atoms. The first-order chi connectivity index (χ1) is 17.8. The molecular formula is C27H33F2N5O3. The predicted molar refractivity (Wildman–Crippen MR) is 138 cm³/mol. The Morgan fingerprint density at radius 2 is 2.11 bits per heavy atom. The number of aliphatic hydroxyl groups is 1. The van der Waals surface area contributed by atoms with Crippen molar-refractivity contribution in [2.24, 2.45) is 0 Å². The van der Waals surface area contributed by atoms with Gasteiger partial charge in [-0.1, -0.05) is 6.07 Å². The van der Waals surface area contributed by atoms with Crippen LogP contribution in [0.5, 0.6) is 0 Å². The van der Waals surface area contributed by atoms with Crippen molar-refractivity contribution in [3.63, 3.8) is 0 Å². The number of anilines is 1. The van der Waals surface area contributed by atoms with Crippen molar-refractivity contribution in [1.29, 1.82) is 0 Å². The van der Waals surface area contributed by atoms with Gasteiger partial charge < -0.3 is 19.7 Å². The van der Waals surface area contributed by atoms with E-state index >= 15 is 0 Å². The molecule has 2 aliphatic heterocycles. The van der Waals surface area contributed by atoms with Gasteiger partial charge in [0, 0.05) is 48.4 Å². The van der Waals surface area contributed by atoms with Crippen molar-refractivity contribution in [2.45, 2.75) is 64.0 Å². The fourth-order valence-electron chi connectivity index (χ4n) is 5.34. The number of hydrogen-bond acceptors (Lipinski definition) is 7. The highest BCUT2D eigenvalue weighted by molar-refractivity contribution is 5.84. The number of fused-ring (bicyclic) bond motifs is 1. The summed E-state index contributed by atoms with van der Waals surface area (Å²) in [6.07, 6.45) is 1.49. The molecule has 5 rings (SSSR count). The summed E-state index contributed by atoms with van der Waals surface area (Å²) in [5, 5.41) is 13.8. The van der Waals surface area contributed by atoms with E-state index < -0.39 is 18.1 Å². The highest BCUT2D eigenvalue weighted by Crippen LogP contribution is 2.28. The molecule has 0 saturated carbocycles. The van der Waals surface area contributed by atoms with Crippen LogP contribution in [0.2, 0.25) is 0 Å². The van der Waals surface area contributed by atoms with E-state index in [0.717, 1.165) is 24.9 Å². The fraction of sp³-hybridized carbons (Fsp3) is 0.519. The molecule has 3 atom stereocenters. The number of benzene rings is 1. The first kappa shape index (κ1) is 25.7. The zero-order chi connectivity index (χ0) is 26.1. The molecule has 10 heteroatoms. The average Bonchev–Trinajstić information content (AvgIpc) is 2.86. The van der Waals surface area contributed by atoms with E-state index in [1.165, 1.54) is 0 Å². The van der Waals surface area contributed by atoms with Crippen molar-refractivity contribution in [3.05, 3.63) is 52.2 Å². The summed E-state index contributed by atoms with van der Waals surface area (Å²) >= 11 is 0. The summed E-state index contributed by atoms with van der Waals surface area (Å²) in [5.74, 6) is -0.377. The number of hydrogen-bond donors (Lipinski definition) is 2. The molecule has 37 heavy (non-hydrogen) atoms. The van der Waals surface area contributed by atoms with Gasteiger partial charge in [0.25, 0.3) is 0 Å². The van der Waals surface area contributed by atoms with E-state index in [2.05, 4.69) is 19.9 Å². The van der Waals surface area contributed by atoms with Crippen molar-refractivity contribution in [3.8, 4) is 11.3 Å². The summed E-state index contributed by atoms with van der Waals surface area (Å²) in [6, 6.07) is 6.52. The average molecular weight is 514 g/mol. The van der Waals surface area contributed by atoms with Gasteiger partial charge in [0.05, 0.1) is 30.5 Å². The van der Waals surface area contributed by atoms with Crippen LogP contribution in [0.25, 0.3) is 22.2 Å². The molecule has 2 aromatic heterocycles. The van der Waals surface area contributed by atoms with E-state index in [4.69, 9.17) is 4.74 Å². The lowest BCUT2D eigenvalue weighted by Crippen LogP contribution is -2.42. The smallest absolute Gasteiger partial charge is 0.223 e. The van der Waals surface area contributed by atoms with Crippen LogP contribution in [0, 0.1) is 5.82 Å². The number of likely N-dealkylation sites (tertiary alicyclic amines) is 1. The quantitative estimate of drug-likeness (QED) is 0.520. The first-order valence-electron chi connectivity index (χ1n) is 12.9. The minimum absolute atomic E-state index is 0.0156.